The first-order valence-electron chi connectivity index (χ1n) is 8.05. The Labute approximate surface area is 147 Å². The molecule has 2 unspecified atom stereocenters. The molecule has 1 saturated carbocycles. The predicted octanol–water partition coefficient (Wildman–Crippen LogP) is 3.02. The summed E-state index contributed by atoms with van der Waals surface area (Å²) >= 11 is 0. The number of fused-ring (bicyclic) bond motifs is 1. The molecule has 0 saturated heterocycles. The van der Waals surface area contributed by atoms with E-state index in [1.165, 1.54) is 12.4 Å². The van der Waals surface area contributed by atoms with Crippen LogP contribution in [-0.4, -0.2) is 27.0 Å². The number of aromatic nitrogens is 3. The first-order chi connectivity index (χ1) is 12.4. The number of anilines is 2. The van der Waals surface area contributed by atoms with Crippen LogP contribution in [0.15, 0.2) is 30.7 Å². The Hall–Kier alpha value is -3.16. The highest BCUT2D eigenvalue weighted by molar-refractivity contribution is 5.98. The predicted molar refractivity (Wildman–Crippen MR) is 93.5 cm³/mol. The summed E-state index contributed by atoms with van der Waals surface area (Å²) < 4.78 is 26.8. The molecule has 3 aromatic heterocycles. The number of alkyl halides is 1. The number of hydrogen-bond donors (Lipinski definition) is 2. The van der Waals surface area contributed by atoms with Crippen LogP contribution in [0.25, 0.3) is 22.0 Å². The number of halogens is 2. The van der Waals surface area contributed by atoms with Crippen LogP contribution in [0.2, 0.25) is 0 Å². The zero-order valence-electron chi connectivity index (χ0n) is 13.8. The number of pyridine rings is 3. The second-order valence-corrected chi connectivity index (χ2v) is 6.32. The molecular formula is C18H15F2N5O. The number of carbonyl (C=O) groups is 1. The lowest BCUT2D eigenvalue weighted by Crippen LogP contribution is -2.15. The number of nitrogens with two attached hydrogens (primary N) is 1. The molecule has 3 aromatic rings. The first kappa shape index (κ1) is 16.3. The van der Waals surface area contributed by atoms with Gasteiger partial charge >= 0.3 is 0 Å². The molecule has 3 heterocycles. The summed E-state index contributed by atoms with van der Waals surface area (Å²) in [5, 5.41) is 3.88. The van der Waals surface area contributed by atoms with E-state index in [0.29, 0.717) is 33.4 Å². The van der Waals surface area contributed by atoms with Gasteiger partial charge in [-0.1, -0.05) is 0 Å². The average molecular weight is 355 g/mol. The van der Waals surface area contributed by atoms with Crippen LogP contribution < -0.4 is 11.1 Å². The van der Waals surface area contributed by atoms with Crippen LogP contribution in [0.4, 0.5) is 20.4 Å². The van der Waals surface area contributed by atoms with Gasteiger partial charge in [-0.05, 0) is 36.4 Å². The molecule has 0 spiro atoms. The van der Waals surface area contributed by atoms with Gasteiger partial charge in [-0.3, -0.25) is 9.78 Å². The Bertz CT molecular complexity index is 1040. The molecule has 0 radical (unpaired) electrons. The molecule has 0 bridgehead atoms. The quantitative estimate of drug-likeness (QED) is 0.753. The highest BCUT2D eigenvalue weighted by atomic mass is 19.1. The van der Waals surface area contributed by atoms with Crippen LogP contribution in [0.3, 0.4) is 0 Å². The molecule has 0 aromatic carbocycles. The minimum Gasteiger partial charge on any atom is -0.383 e. The van der Waals surface area contributed by atoms with Crippen molar-refractivity contribution in [3.05, 3.63) is 42.1 Å². The summed E-state index contributed by atoms with van der Waals surface area (Å²) in [5.41, 5.74) is 7.42. The second-order valence-electron chi connectivity index (χ2n) is 6.32. The van der Waals surface area contributed by atoms with E-state index < -0.39 is 23.8 Å². The van der Waals surface area contributed by atoms with E-state index >= 15 is 0 Å². The second kappa shape index (κ2) is 5.98. The highest BCUT2D eigenvalue weighted by Gasteiger charge is 2.43. The molecule has 6 nitrogen and oxygen atoms in total. The van der Waals surface area contributed by atoms with Crippen molar-refractivity contribution in [3.8, 4) is 11.3 Å². The fourth-order valence-corrected chi connectivity index (χ4v) is 2.79. The smallest absolute Gasteiger partial charge is 0.231 e. The van der Waals surface area contributed by atoms with E-state index in [1.807, 2.05) is 0 Å². The lowest BCUT2D eigenvalue weighted by Gasteiger charge is -2.10. The Balaban J connectivity index is 1.74. The van der Waals surface area contributed by atoms with E-state index in [4.69, 9.17) is 5.73 Å². The van der Waals surface area contributed by atoms with Gasteiger partial charge in [0.05, 0.1) is 17.8 Å². The van der Waals surface area contributed by atoms with E-state index in [-0.39, 0.29) is 12.2 Å². The van der Waals surface area contributed by atoms with Crippen LogP contribution >= 0.6 is 0 Å². The molecule has 132 valence electrons. The van der Waals surface area contributed by atoms with E-state index in [9.17, 15) is 13.6 Å². The van der Waals surface area contributed by atoms with Gasteiger partial charge < -0.3 is 11.1 Å². The van der Waals surface area contributed by atoms with Crippen LogP contribution in [0.1, 0.15) is 12.0 Å². The minimum absolute atomic E-state index is 0.234. The largest absolute Gasteiger partial charge is 0.383 e. The van der Waals surface area contributed by atoms with Gasteiger partial charge in [0.25, 0.3) is 0 Å². The Morgan fingerprint density at radius 3 is 2.81 bits per heavy atom. The number of amides is 1. The molecule has 1 aliphatic rings. The maximum Gasteiger partial charge on any atom is 0.231 e. The molecule has 4 rings (SSSR count). The Morgan fingerprint density at radius 2 is 2.08 bits per heavy atom. The van der Waals surface area contributed by atoms with Crippen LogP contribution in [0, 0.1) is 18.7 Å². The first-order valence-corrected chi connectivity index (χ1v) is 8.05. The molecule has 1 aliphatic carbocycles. The number of nitrogens with zero attached hydrogens (tertiary/aromatic N) is 3. The molecule has 0 aliphatic heterocycles. The summed E-state index contributed by atoms with van der Waals surface area (Å²) in [6.07, 6.45) is 3.31. The normalized spacial score (nSPS) is 18.7. The van der Waals surface area contributed by atoms with Gasteiger partial charge in [0.2, 0.25) is 5.91 Å². The Kier molecular flexibility index (Phi) is 3.75. The summed E-state index contributed by atoms with van der Waals surface area (Å²) in [6.45, 7) is 1.63. The fraction of sp³-hybridized carbons (Fsp3) is 0.222. The van der Waals surface area contributed by atoms with Crippen molar-refractivity contribution in [1.29, 1.82) is 0 Å². The Morgan fingerprint density at radius 1 is 1.31 bits per heavy atom. The summed E-state index contributed by atoms with van der Waals surface area (Å²) in [7, 11) is 0. The lowest BCUT2D eigenvalue weighted by atomic mass is 10.1. The number of nitrogens with one attached hydrogen (secondary N) is 1. The molecule has 8 heteroatoms. The summed E-state index contributed by atoms with van der Waals surface area (Å²) in [6, 6.07) is 3.36. The zero-order valence-corrected chi connectivity index (χ0v) is 13.8. The summed E-state index contributed by atoms with van der Waals surface area (Å²) in [5.74, 6) is -0.899. The maximum atomic E-state index is 13.8. The van der Waals surface area contributed by atoms with Gasteiger partial charge in [0, 0.05) is 23.3 Å². The van der Waals surface area contributed by atoms with E-state index in [2.05, 4.69) is 20.3 Å². The molecule has 1 amide bonds. The van der Waals surface area contributed by atoms with Crippen molar-refractivity contribution in [2.24, 2.45) is 5.92 Å². The van der Waals surface area contributed by atoms with Gasteiger partial charge in [-0.2, -0.15) is 0 Å². The standard InChI is InChI=1S/C18H15F2N5O/c1-8-11(5-22-7-14(8)20)15-2-9-3-16(23-6-12(9)17(21)24-15)25-18(26)10-4-13(10)19/h2-3,5-7,10,13H,4H2,1H3,(H2,21,24)(H,23,25,26). The van der Waals surface area contributed by atoms with Crippen molar-refractivity contribution < 1.29 is 13.6 Å². The third kappa shape index (κ3) is 2.83. The van der Waals surface area contributed by atoms with Gasteiger partial charge in [0.1, 0.15) is 23.6 Å². The van der Waals surface area contributed by atoms with Crippen molar-refractivity contribution >= 4 is 28.3 Å². The minimum atomic E-state index is -1.08. The molecule has 26 heavy (non-hydrogen) atoms. The van der Waals surface area contributed by atoms with Gasteiger partial charge in [-0.25, -0.2) is 18.7 Å². The fourth-order valence-electron chi connectivity index (χ4n) is 2.79. The molecule has 2 atom stereocenters. The van der Waals surface area contributed by atoms with E-state index in [0.717, 1.165) is 6.20 Å². The van der Waals surface area contributed by atoms with E-state index in [1.54, 1.807) is 19.1 Å². The lowest BCUT2D eigenvalue weighted by molar-refractivity contribution is -0.117. The van der Waals surface area contributed by atoms with Crippen molar-refractivity contribution in [2.75, 3.05) is 11.1 Å². The van der Waals surface area contributed by atoms with Gasteiger partial charge in [0.15, 0.2) is 0 Å². The SMILES string of the molecule is Cc1c(F)cncc1-c1cc2cc(NC(=O)C3CC3F)ncc2c(N)n1. The topological polar surface area (TPSA) is 93.8 Å². The highest BCUT2D eigenvalue weighted by Crippen LogP contribution is 2.35. The number of nitrogen functional groups attached to an aromatic ring is 1. The zero-order chi connectivity index (χ0) is 18.4. The summed E-state index contributed by atoms with van der Waals surface area (Å²) in [4.78, 5) is 24.2. The van der Waals surface area contributed by atoms with Crippen molar-refractivity contribution in [1.82, 2.24) is 15.0 Å². The molecule has 1 fully saturated rings. The number of hydrogen-bond acceptors (Lipinski definition) is 5. The third-order valence-corrected chi connectivity index (χ3v) is 4.48. The van der Waals surface area contributed by atoms with Crippen LogP contribution in [-0.2, 0) is 4.79 Å². The number of rotatable bonds is 3. The molecular weight excluding hydrogens is 340 g/mol. The third-order valence-electron chi connectivity index (χ3n) is 4.48. The number of carbonyl (C=O) groups excluding carboxylic acids is 1. The van der Waals surface area contributed by atoms with Crippen molar-refractivity contribution in [3.63, 3.8) is 0 Å². The average Bonchev–Trinajstić information content (AvgIpc) is 3.34. The maximum absolute atomic E-state index is 13.8. The van der Waals surface area contributed by atoms with Gasteiger partial charge in [-0.15, -0.1) is 0 Å². The van der Waals surface area contributed by atoms with Crippen molar-refractivity contribution in [2.45, 2.75) is 19.5 Å². The van der Waals surface area contributed by atoms with Crippen LogP contribution in [0.5, 0.6) is 0 Å². The molecule has 3 N–H and O–H groups in total. The monoisotopic (exact) mass is 355 g/mol.